The number of halogens is 4. The minimum atomic E-state index is -4.67. The molecule has 0 saturated carbocycles. The lowest BCUT2D eigenvalue weighted by Crippen LogP contribution is -2.26. The molecule has 140 valence electrons. The number of carbonyl (C=O) groups excluding carboxylic acids is 1. The number of benzene rings is 2. The van der Waals surface area contributed by atoms with Gasteiger partial charge in [0.2, 0.25) is 0 Å². The first-order chi connectivity index (χ1) is 12.1. The van der Waals surface area contributed by atoms with Crippen molar-refractivity contribution >= 4 is 11.6 Å². The van der Waals surface area contributed by atoms with Crippen LogP contribution >= 0.6 is 0 Å². The summed E-state index contributed by atoms with van der Waals surface area (Å²) in [7, 11) is 3.75. The molecule has 1 unspecified atom stereocenters. The van der Waals surface area contributed by atoms with Gasteiger partial charge in [0.15, 0.2) is 0 Å². The molecule has 0 aromatic heterocycles. The van der Waals surface area contributed by atoms with Gasteiger partial charge in [-0.2, -0.15) is 13.2 Å². The fourth-order valence-corrected chi connectivity index (χ4v) is 2.42. The number of hydrogen-bond acceptors (Lipinski definition) is 3. The summed E-state index contributed by atoms with van der Waals surface area (Å²) in [6.07, 6.45) is -4.67. The normalized spacial score (nSPS) is 12.9. The van der Waals surface area contributed by atoms with Crippen LogP contribution in [0.25, 0.3) is 0 Å². The first-order valence-corrected chi connectivity index (χ1v) is 7.76. The lowest BCUT2D eigenvalue weighted by Gasteiger charge is -2.18. The Bertz CT molecular complexity index is 790. The highest BCUT2D eigenvalue weighted by Gasteiger charge is 2.31. The van der Waals surface area contributed by atoms with Crippen LogP contribution in [0.15, 0.2) is 42.5 Å². The molecule has 0 fully saturated rings. The quantitative estimate of drug-likeness (QED) is 0.791. The monoisotopic (exact) mass is 369 g/mol. The predicted molar refractivity (Wildman–Crippen MR) is 91.3 cm³/mol. The van der Waals surface area contributed by atoms with Gasteiger partial charge >= 0.3 is 6.18 Å². The van der Waals surface area contributed by atoms with E-state index in [2.05, 4.69) is 5.32 Å². The second-order valence-corrected chi connectivity index (χ2v) is 6.14. The van der Waals surface area contributed by atoms with Crippen molar-refractivity contribution in [3.8, 4) is 0 Å². The van der Waals surface area contributed by atoms with Crippen LogP contribution in [0, 0.1) is 5.82 Å². The Balaban J connectivity index is 2.18. The van der Waals surface area contributed by atoms with Crippen molar-refractivity contribution in [2.24, 2.45) is 5.73 Å². The predicted octanol–water partition coefficient (Wildman–Crippen LogP) is 3.66. The van der Waals surface area contributed by atoms with E-state index in [1.807, 2.05) is 19.0 Å². The molecular weight excluding hydrogens is 350 g/mol. The van der Waals surface area contributed by atoms with E-state index >= 15 is 0 Å². The lowest BCUT2D eigenvalue weighted by molar-refractivity contribution is -0.137. The van der Waals surface area contributed by atoms with E-state index in [4.69, 9.17) is 5.73 Å². The Labute approximate surface area is 148 Å². The second kappa shape index (κ2) is 7.84. The van der Waals surface area contributed by atoms with Gasteiger partial charge in [-0.25, -0.2) is 4.39 Å². The third-order valence-electron chi connectivity index (χ3n) is 3.68. The summed E-state index contributed by atoms with van der Waals surface area (Å²) < 4.78 is 51.6. The number of anilines is 1. The molecule has 0 radical (unpaired) electrons. The van der Waals surface area contributed by atoms with Crippen LogP contribution in [0.2, 0.25) is 0 Å². The van der Waals surface area contributed by atoms with Gasteiger partial charge in [0.25, 0.3) is 5.91 Å². The summed E-state index contributed by atoms with van der Waals surface area (Å²) in [4.78, 5) is 14.1. The molecule has 2 rings (SSSR count). The minimum absolute atomic E-state index is 0.287. The minimum Gasteiger partial charge on any atom is -0.323 e. The average molecular weight is 369 g/mol. The molecule has 2 aromatic carbocycles. The van der Waals surface area contributed by atoms with E-state index < -0.39 is 29.0 Å². The first kappa shape index (κ1) is 19.9. The lowest BCUT2D eigenvalue weighted by atomic mass is 10.1. The number of rotatable bonds is 5. The maximum atomic E-state index is 13.9. The molecule has 4 nitrogen and oxygen atoms in total. The highest BCUT2D eigenvalue weighted by Crippen LogP contribution is 2.30. The van der Waals surface area contributed by atoms with Gasteiger partial charge in [0.1, 0.15) is 5.82 Å². The van der Waals surface area contributed by atoms with E-state index in [-0.39, 0.29) is 6.04 Å². The number of nitrogens with one attached hydrogen (secondary N) is 1. The van der Waals surface area contributed by atoms with Gasteiger partial charge in [-0.3, -0.25) is 4.79 Å². The van der Waals surface area contributed by atoms with Crippen LogP contribution in [0.5, 0.6) is 0 Å². The number of alkyl halides is 3. The summed E-state index contributed by atoms with van der Waals surface area (Å²) in [5, 5.41) is 2.48. The van der Waals surface area contributed by atoms with Crippen molar-refractivity contribution in [1.82, 2.24) is 4.90 Å². The van der Waals surface area contributed by atoms with Gasteiger partial charge in [0.05, 0.1) is 11.1 Å². The molecule has 8 heteroatoms. The largest absolute Gasteiger partial charge is 0.416 e. The summed E-state index contributed by atoms with van der Waals surface area (Å²) >= 11 is 0. The van der Waals surface area contributed by atoms with E-state index in [1.54, 1.807) is 24.3 Å². The van der Waals surface area contributed by atoms with Crippen LogP contribution in [0.1, 0.15) is 27.5 Å². The van der Waals surface area contributed by atoms with E-state index in [0.29, 0.717) is 24.4 Å². The molecule has 0 bridgehead atoms. The third kappa shape index (κ3) is 5.03. The molecule has 1 atom stereocenters. The zero-order valence-electron chi connectivity index (χ0n) is 14.3. The number of amides is 1. The van der Waals surface area contributed by atoms with Crippen LogP contribution in [-0.2, 0) is 6.18 Å². The molecular formula is C18H19F4N3O. The number of likely N-dealkylation sites (N-methyl/N-ethyl adjacent to an activating group) is 1. The van der Waals surface area contributed by atoms with Crippen LogP contribution < -0.4 is 11.1 Å². The Kier molecular flexibility index (Phi) is 5.99. The standard InChI is InChI=1S/C18H19F4N3O/c1-25(2)10-16(23)11-4-3-5-13(8-11)24-17(26)14-7-6-12(9-15(14)19)18(20,21)22/h3-9,16H,10,23H2,1-2H3,(H,24,26). The topological polar surface area (TPSA) is 58.4 Å². The molecule has 0 saturated heterocycles. The highest BCUT2D eigenvalue weighted by molar-refractivity contribution is 6.04. The van der Waals surface area contributed by atoms with Gasteiger partial charge < -0.3 is 16.0 Å². The molecule has 2 aromatic rings. The van der Waals surface area contributed by atoms with E-state index in [9.17, 15) is 22.4 Å². The van der Waals surface area contributed by atoms with Gasteiger partial charge in [-0.05, 0) is 50.0 Å². The molecule has 0 aliphatic heterocycles. The Morgan fingerprint density at radius 1 is 1.19 bits per heavy atom. The number of hydrogen-bond donors (Lipinski definition) is 2. The zero-order valence-corrected chi connectivity index (χ0v) is 14.3. The van der Waals surface area contributed by atoms with Crippen molar-refractivity contribution in [3.63, 3.8) is 0 Å². The Hall–Kier alpha value is -2.45. The number of nitrogens with zero attached hydrogens (tertiary/aromatic N) is 1. The van der Waals surface area contributed by atoms with Crippen LogP contribution in [-0.4, -0.2) is 31.4 Å². The molecule has 0 aliphatic rings. The summed E-state index contributed by atoms with van der Waals surface area (Å²) in [6, 6.07) is 8.21. The van der Waals surface area contributed by atoms with Crippen LogP contribution in [0.3, 0.4) is 0 Å². The fourth-order valence-electron chi connectivity index (χ4n) is 2.42. The molecule has 3 N–H and O–H groups in total. The molecule has 0 aliphatic carbocycles. The first-order valence-electron chi connectivity index (χ1n) is 7.76. The van der Waals surface area contributed by atoms with Crippen molar-refractivity contribution in [3.05, 3.63) is 65.0 Å². The maximum absolute atomic E-state index is 13.9. The third-order valence-corrected chi connectivity index (χ3v) is 3.68. The van der Waals surface area contributed by atoms with Crippen molar-refractivity contribution < 1.29 is 22.4 Å². The SMILES string of the molecule is CN(C)CC(N)c1cccc(NC(=O)c2ccc(C(F)(F)F)cc2F)c1. The van der Waals surface area contributed by atoms with Crippen LogP contribution in [0.4, 0.5) is 23.2 Å². The average Bonchev–Trinajstić information content (AvgIpc) is 2.53. The highest BCUT2D eigenvalue weighted by atomic mass is 19.4. The number of nitrogens with two attached hydrogens (primary N) is 1. The summed E-state index contributed by atoms with van der Waals surface area (Å²) in [5.41, 5.74) is 5.59. The molecule has 0 spiro atoms. The van der Waals surface area contributed by atoms with E-state index in [0.717, 1.165) is 11.6 Å². The molecule has 0 heterocycles. The second-order valence-electron chi connectivity index (χ2n) is 6.14. The van der Waals surface area contributed by atoms with Gasteiger partial charge in [-0.15, -0.1) is 0 Å². The molecule has 1 amide bonds. The Morgan fingerprint density at radius 3 is 2.46 bits per heavy atom. The fraction of sp³-hybridized carbons (Fsp3) is 0.278. The summed E-state index contributed by atoms with van der Waals surface area (Å²) in [6.45, 7) is 0.588. The van der Waals surface area contributed by atoms with E-state index in [1.165, 1.54) is 0 Å². The maximum Gasteiger partial charge on any atom is 0.416 e. The van der Waals surface area contributed by atoms with Gasteiger partial charge in [-0.1, -0.05) is 12.1 Å². The smallest absolute Gasteiger partial charge is 0.323 e. The zero-order chi connectivity index (χ0) is 19.5. The molecule has 26 heavy (non-hydrogen) atoms. The van der Waals surface area contributed by atoms with Crippen molar-refractivity contribution in [2.75, 3.05) is 26.0 Å². The number of carbonyl (C=O) groups is 1. The Morgan fingerprint density at radius 2 is 1.88 bits per heavy atom. The van der Waals surface area contributed by atoms with Crippen molar-refractivity contribution in [2.45, 2.75) is 12.2 Å². The van der Waals surface area contributed by atoms with Gasteiger partial charge in [0, 0.05) is 18.3 Å². The van der Waals surface area contributed by atoms with Crippen molar-refractivity contribution in [1.29, 1.82) is 0 Å². The summed E-state index contributed by atoms with van der Waals surface area (Å²) in [5.74, 6) is -2.08.